The summed E-state index contributed by atoms with van der Waals surface area (Å²) in [5.41, 5.74) is 4.94. The predicted molar refractivity (Wildman–Crippen MR) is 74.1 cm³/mol. The van der Waals surface area contributed by atoms with Gasteiger partial charge in [0.25, 0.3) is 15.9 Å². The highest BCUT2D eigenvalue weighted by atomic mass is 32.2. The molecule has 0 spiro atoms. The van der Waals surface area contributed by atoms with Crippen LogP contribution in [-0.4, -0.2) is 25.9 Å². The molecule has 1 aromatic heterocycles. The summed E-state index contributed by atoms with van der Waals surface area (Å²) in [7, 11) is -3.68. The molecule has 0 saturated carbocycles. The third-order valence-electron chi connectivity index (χ3n) is 2.17. The van der Waals surface area contributed by atoms with E-state index < -0.39 is 15.9 Å². The zero-order valence-corrected chi connectivity index (χ0v) is 11.8. The van der Waals surface area contributed by atoms with E-state index in [2.05, 4.69) is 9.71 Å². The minimum absolute atomic E-state index is 0.0686. The van der Waals surface area contributed by atoms with Crippen LogP contribution in [0, 0.1) is 0 Å². The number of hydrogen-bond acceptors (Lipinski definition) is 6. The monoisotopic (exact) mass is 313 g/mol. The van der Waals surface area contributed by atoms with E-state index in [1.807, 2.05) is 0 Å². The molecule has 9 heteroatoms. The second kappa shape index (κ2) is 5.88. The van der Waals surface area contributed by atoms with Gasteiger partial charge in [-0.25, -0.2) is 13.4 Å². The number of anilines is 1. The highest BCUT2D eigenvalue weighted by molar-refractivity contribution is 7.93. The molecule has 20 heavy (non-hydrogen) atoms. The van der Waals surface area contributed by atoms with Crippen molar-refractivity contribution in [1.29, 1.82) is 0 Å². The highest BCUT2D eigenvalue weighted by Gasteiger charge is 2.15. The van der Waals surface area contributed by atoms with Crippen LogP contribution in [-0.2, 0) is 14.8 Å². The van der Waals surface area contributed by atoms with Crippen LogP contribution in [0.25, 0.3) is 0 Å². The molecule has 0 atom stereocenters. The number of ether oxygens (including phenoxy) is 1. The van der Waals surface area contributed by atoms with Crippen LogP contribution in [0.5, 0.6) is 5.75 Å². The number of benzene rings is 1. The van der Waals surface area contributed by atoms with E-state index in [0.29, 0.717) is 10.9 Å². The van der Waals surface area contributed by atoms with Crippen LogP contribution >= 0.6 is 11.3 Å². The Hall–Kier alpha value is -2.13. The molecule has 0 aliphatic rings. The van der Waals surface area contributed by atoms with Crippen LogP contribution in [0.3, 0.4) is 0 Å². The highest BCUT2D eigenvalue weighted by Crippen LogP contribution is 2.20. The van der Waals surface area contributed by atoms with Gasteiger partial charge in [-0.15, -0.1) is 11.3 Å². The summed E-state index contributed by atoms with van der Waals surface area (Å²) in [5, 5.41) is 1.96. The Balaban J connectivity index is 2.10. The van der Waals surface area contributed by atoms with E-state index in [9.17, 15) is 13.2 Å². The van der Waals surface area contributed by atoms with Crippen molar-refractivity contribution in [2.24, 2.45) is 5.73 Å². The normalized spacial score (nSPS) is 11.0. The summed E-state index contributed by atoms with van der Waals surface area (Å²) in [4.78, 5) is 14.5. The number of nitrogens with one attached hydrogen (secondary N) is 1. The van der Waals surface area contributed by atoms with E-state index >= 15 is 0 Å². The standard InChI is InChI=1S/C11H11N3O4S2/c12-10(15)7-18-8-1-3-9(4-2-8)20(16,17)14-11-13-5-6-19-11/h1-6H,7H2,(H2,12,15)(H,13,14). The molecule has 1 aromatic carbocycles. The second-order valence-electron chi connectivity index (χ2n) is 3.67. The Morgan fingerprint density at radius 2 is 2.05 bits per heavy atom. The number of nitrogens with zero attached hydrogens (tertiary/aromatic N) is 1. The summed E-state index contributed by atoms with van der Waals surface area (Å²) in [6.07, 6.45) is 1.50. The molecule has 1 heterocycles. The first kappa shape index (κ1) is 14.3. The molecular weight excluding hydrogens is 302 g/mol. The van der Waals surface area contributed by atoms with Gasteiger partial charge in [0.15, 0.2) is 11.7 Å². The molecule has 0 bridgehead atoms. The number of primary amides is 1. The Morgan fingerprint density at radius 1 is 1.35 bits per heavy atom. The van der Waals surface area contributed by atoms with E-state index in [1.165, 1.54) is 41.8 Å². The summed E-state index contributed by atoms with van der Waals surface area (Å²) in [6.45, 7) is -0.260. The number of nitrogens with two attached hydrogens (primary N) is 1. The number of hydrogen-bond donors (Lipinski definition) is 2. The molecule has 7 nitrogen and oxygen atoms in total. The number of carbonyl (C=O) groups is 1. The average Bonchev–Trinajstić information content (AvgIpc) is 2.89. The molecule has 0 aliphatic heterocycles. The maximum Gasteiger partial charge on any atom is 0.263 e. The maximum atomic E-state index is 12.0. The number of amides is 1. The molecule has 0 saturated heterocycles. The van der Waals surface area contributed by atoms with Gasteiger partial charge in [0.1, 0.15) is 5.75 Å². The van der Waals surface area contributed by atoms with E-state index in [-0.39, 0.29) is 11.5 Å². The van der Waals surface area contributed by atoms with Gasteiger partial charge in [0, 0.05) is 11.6 Å². The Bertz CT molecular complexity index is 681. The molecule has 0 unspecified atom stereocenters. The van der Waals surface area contributed by atoms with Gasteiger partial charge in [-0.2, -0.15) is 0 Å². The zero-order chi connectivity index (χ0) is 14.6. The largest absolute Gasteiger partial charge is 0.484 e. The van der Waals surface area contributed by atoms with Crippen LogP contribution in [0.4, 0.5) is 5.13 Å². The van der Waals surface area contributed by atoms with Crippen molar-refractivity contribution in [3.05, 3.63) is 35.8 Å². The van der Waals surface area contributed by atoms with Crippen LogP contribution in [0.15, 0.2) is 40.7 Å². The second-order valence-corrected chi connectivity index (χ2v) is 6.25. The first-order valence-electron chi connectivity index (χ1n) is 5.41. The Morgan fingerprint density at radius 3 is 2.60 bits per heavy atom. The summed E-state index contributed by atoms with van der Waals surface area (Å²) in [5.74, 6) is -0.246. The minimum Gasteiger partial charge on any atom is -0.484 e. The van der Waals surface area contributed by atoms with Crippen LogP contribution in [0.1, 0.15) is 0 Å². The number of carbonyl (C=O) groups excluding carboxylic acids is 1. The van der Waals surface area contributed by atoms with Crippen molar-refractivity contribution >= 4 is 32.4 Å². The zero-order valence-electron chi connectivity index (χ0n) is 10.1. The fourth-order valence-electron chi connectivity index (χ4n) is 1.32. The molecule has 1 amide bonds. The number of thiazole rings is 1. The first-order valence-corrected chi connectivity index (χ1v) is 7.77. The molecule has 0 radical (unpaired) electrons. The van der Waals surface area contributed by atoms with E-state index in [0.717, 1.165) is 0 Å². The third-order valence-corrected chi connectivity index (χ3v) is 4.34. The van der Waals surface area contributed by atoms with Gasteiger partial charge in [0.2, 0.25) is 0 Å². The summed E-state index contributed by atoms with van der Waals surface area (Å²) < 4.78 is 31.4. The van der Waals surface area contributed by atoms with Crippen molar-refractivity contribution in [2.75, 3.05) is 11.3 Å². The minimum atomic E-state index is -3.68. The molecule has 0 aliphatic carbocycles. The topological polar surface area (TPSA) is 111 Å². The van der Waals surface area contributed by atoms with Gasteiger partial charge in [-0.1, -0.05) is 0 Å². The van der Waals surface area contributed by atoms with Gasteiger partial charge in [-0.3, -0.25) is 9.52 Å². The number of sulfonamides is 1. The SMILES string of the molecule is NC(=O)COc1ccc(S(=O)(=O)Nc2nccs2)cc1. The van der Waals surface area contributed by atoms with Crippen molar-refractivity contribution in [2.45, 2.75) is 4.90 Å². The van der Waals surface area contributed by atoms with E-state index in [1.54, 1.807) is 5.38 Å². The fraction of sp³-hybridized carbons (Fsp3) is 0.0909. The molecule has 2 aromatic rings. The molecule has 0 fully saturated rings. The molecule has 106 valence electrons. The summed E-state index contributed by atoms with van der Waals surface area (Å²) in [6, 6.07) is 5.62. The van der Waals surface area contributed by atoms with Gasteiger partial charge in [0.05, 0.1) is 4.90 Å². The quantitative estimate of drug-likeness (QED) is 0.819. The number of aromatic nitrogens is 1. The van der Waals surface area contributed by atoms with Gasteiger partial charge >= 0.3 is 0 Å². The molecular formula is C11H11N3O4S2. The van der Waals surface area contributed by atoms with E-state index in [4.69, 9.17) is 10.5 Å². The molecule has 2 rings (SSSR count). The van der Waals surface area contributed by atoms with Crippen molar-refractivity contribution in [1.82, 2.24) is 4.98 Å². The maximum absolute atomic E-state index is 12.0. The van der Waals surface area contributed by atoms with Gasteiger partial charge < -0.3 is 10.5 Å². The summed E-state index contributed by atoms with van der Waals surface area (Å²) >= 11 is 1.18. The van der Waals surface area contributed by atoms with Gasteiger partial charge in [-0.05, 0) is 24.3 Å². The molecule has 3 N–H and O–H groups in total. The Labute approximate surface area is 119 Å². The average molecular weight is 313 g/mol. The first-order chi connectivity index (χ1) is 9.47. The third kappa shape index (κ3) is 3.68. The predicted octanol–water partition coefficient (Wildman–Crippen LogP) is 0.808. The van der Waals surface area contributed by atoms with Crippen LogP contribution in [0.2, 0.25) is 0 Å². The Kier molecular flexibility index (Phi) is 4.20. The lowest BCUT2D eigenvalue weighted by Gasteiger charge is -2.07. The van der Waals surface area contributed by atoms with Crippen molar-refractivity contribution < 1.29 is 17.9 Å². The lowest BCUT2D eigenvalue weighted by molar-refractivity contribution is -0.119. The lowest BCUT2D eigenvalue weighted by Crippen LogP contribution is -2.20. The van der Waals surface area contributed by atoms with Crippen molar-refractivity contribution in [3.8, 4) is 5.75 Å². The number of rotatable bonds is 6. The fourth-order valence-corrected chi connectivity index (χ4v) is 3.11. The smallest absolute Gasteiger partial charge is 0.263 e. The van der Waals surface area contributed by atoms with Crippen LogP contribution < -0.4 is 15.2 Å². The van der Waals surface area contributed by atoms with Crippen molar-refractivity contribution in [3.63, 3.8) is 0 Å². The lowest BCUT2D eigenvalue weighted by atomic mass is 10.3.